The van der Waals surface area contributed by atoms with E-state index >= 15 is 0 Å². The fraction of sp³-hybridized carbons (Fsp3) is 0.944. The molecule has 0 aromatic carbocycles. The van der Waals surface area contributed by atoms with Crippen molar-refractivity contribution in [3.05, 3.63) is 12.7 Å². The van der Waals surface area contributed by atoms with E-state index in [1.54, 1.807) is 0 Å². The molecule has 0 heterocycles. The molecule has 0 spiro atoms. The maximum absolute atomic E-state index is 4.21. The Morgan fingerprint density at radius 3 is 1.69 bits per heavy atom. The van der Waals surface area contributed by atoms with Crippen molar-refractivity contribution in [1.82, 2.24) is 0 Å². The van der Waals surface area contributed by atoms with Gasteiger partial charge in [-0.3, -0.25) is 0 Å². The fourth-order valence-corrected chi connectivity index (χ4v) is 9.30. The lowest BCUT2D eigenvalue weighted by molar-refractivity contribution is -0.163. The number of allylic oxidation sites excluding steroid dienone is 1. The van der Waals surface area contributed by atoms with Crippen LogP contribution < -0.4 is 0 Å². The van der Waals surface area contributed by atoms with Crippen LogP contribution in [0.15, 0.2) is 12.7 Å². The Hall–Kier alpha value is -0.260. The standard InChI is InChI=1S/C26H44.5C2H6/c1-8-23(3,4)22-10-9-20-19-12-14-24(5)17-18(2)11-16-26(24,7)21(19)13-15-25(20,22)6;5*1-2/h8,18-22H,1,9-17H2,2-7H3;5*1-2H3. The fourth-order valence-electron chi connectivity index (χ4n) is 9.30. The summed E-state index contributed by atoms with van der Waals surface area (Å²) in [6, 6.07) is 0. The van der Waals surface area contributed by atoms with Gasteiger partial charge in [-0.25, -0.2) is 0 Å². The minimum atomic E-state index is 0.295. The van der Waals surface area contributed by atoms with Gasteiger partial charge in [0.15, 0.2) is 0 Å². The second-order valence-electron chi connectivity index (χ2n) is 12.4. The SMILES string of the molecule is C=CC(C)(C)C1CCC2C3CCC4(C)CC(C)CCC4(C)C3CCC21C.CC.CC.CC.CC.CC. The van der Waals surface area contributed by atoms with E-state index in [1.807, 2.05) is 69.2 Å². The number of hydrogen-bond donors (Lipinski definition) is 0. The van der Waals surface area contributed by atoms with Crippen LogP contribution in [0.3, 0.4) is 0 Å². The third kappa shape index (κ3) is 7.03. The van der Waals surface area contributed by atoms with Crippen LogP contribution in [-0.2, 0) is 0 Å². The molecule has 0 aliphatic heterocycles. The van der Waals surface area contributed by atoms with E-state index in [0.29, 0.717) is 21.7 Å². The summed E-state index contributed by atoms with van der Waals surface area (Å²) in [4.78, 5) is 0. The highest BCUT2D eigenvalue weighted by molar-refractivity contribution is 5.14. The monoisotopic (exact) mass is 507 g/mol. The summed E-state index contributed by atoms with van der Waals surface area (Å²) < 4.78 is 0. The van der Waals surface area contributed by atoms with Crippen molar-refractivity contribution >= 4 is 0 Å². The Balaban J connectivity index is 0. The van der Waals surface area contributed by atoms with E-state index < -0.39 is 0 Å². The Labute approximate surface area is 232 Å². The summed E-state index contributed by atoms with van der Waals surface area (Å²) in [5.74, 6) is 4.77. The molecule has 4 rings (SSSR count). The average Bonchev–Trinajstić information content (AvgIpc) is 3.29. The highest BCUT2D eigenvalue weighted by atomic mass is 14.7. The van der Waals surface area contributed by atoms with Gasteiger partial charge in [-0.05, 0) is 103 Å². The molecule has 0 aromatic heterocycles. The van der Waals surface area contributed by atoms with Crippen LogP contribution in [0.25, 0.3) is 0 Å². The second-order valence-corrected chi connectivity index (χ2v) is 12.4. The second kappa shape index (κ2) is 16.6. The molecule has 0 amide bonds. The zero-order valence-corrected chi connectivity index (χ0v) is 28.5. The predicted molar refractivity (Wildman–Crippen MR) is 170 cm³/mol. The summed E-state index contributed by atoms with van der Waals surface area (Å²) in [5.41, 5.74) is 2.07. The molecule has 4 aliphatic rings. The smallest absolute Gasteiger partial charge is 0.0144 e. The zero-order chi connectivity index (χ0) is 29.0. The molecule has 4 saturated carbocycles. The predicted octanol–water partition coefficient (Wildman–Crippen LogP) is 13.0. The van der Waals surface area contributed by atoms with Crippen LogP contribution >= 0.6 is 0 Å². The van der Waals surface area contributed by atoms with Crippen LogP contribution in [-0.4, -0.2) is 0 Å². The van der Waals surface area contributed by atoms with Gasteiger partial charge in [-0.1, -0.05) is 123 Å². The molecular formula is C36H74. The van der Waals surface area contributed by atoms with Gasteiger partial charge in [0.2, 0.25) is 0 Å². The minimum absolute atomic E-state index is 0.295. The van der Waals surface area contributed by atoms with Crippen LogP contribution in [0.4, 0.5) is 0 Å². The number of rotatable bonds is 2. The van der Waals surface area contributed by atoms with Crippen molar-refractivity contribution < 1.29 is 0 Å². The van der Waals surface area contributed by atoms with Crippen molar-refractivity contribution in [2.75, 3.05) is 0 Å². The third-order valence-electron chi connectivity index (χ3n) is 11.0. The van der Waals surface area contributed by atoms with E-state index in [0.717, 1.165) is 29.6 Å². The van der Waals surface area contributed by atoms with Crippen LogP contribution in [0, 0.1) is 51.2 Å². The minimum Gasteiger partial charge on any atom is -0.103 e. The lowest BCUT2D eigenvalue weighted by Gasteiger charge is -2.65. The highest BCUT2D eigenvalue weighted by Gasteiger charge is 2.64. The first-order valence-corrected chi connectivity index (χ1v) is 16.7. The zero-order valence-electron chi connectivity index (χ0n) is 28.5. The molecule has 218 valence electrons. The Kier molecular flexibility index (Phi) is 17.5. The van der Waals surface area contributed by atoms with Gasteiger partial charge in [-0.15, -0.1) is 6.58 Å². The van der Waals surface area contributed by atoms with Crippen LogP contribution in [0.1, 0.15) is 169 Å². The summed E-state index contributed by atoms with van der Waals surface area (Å²) in [5, 5.41) is 0. The largest absolute Gasteiger partial charge is 0.103 e. The Bertz CT molecular complexity index is 573. The molecule has 0 bridgehead atoms. The molecule has 0 heteroatoms. The van der Waals surface area contributed by atoms with Crippen molar-refractivity contribution in [2.24, 2.45) is 51.2 Å². The van der Waals surface area contributed by atoms with Crippen molar-refractivity contribution in [2.45, 2.75) is 169 Å². The highest BCUT2D eigenvalue weighted by Crippen LogP contribution is 2.72. The third-order valence-corrected chi connectivity index (χ3v) is 11.0. The van der Waals surface area contributed by atoms with Crippen LogP contribution in [0.2, 0.25) is 0 Å². The lowest BCUT2D eigenvalue weighted by Crippen LogP contribution is -2.57. The summed E-state index contributed by atoms with van der Waals surface area (Å²) in [6.07, 6.45) is 15.6. The first-order chi connectivity index (χ1) is 17.1. The van der Waals surface area contributed by atoms with Gasteiger partial charge in [0.25, 0.3) is 0 Å². The quantitative estimate of drug-likeness (QED) is 0.327. The van der Waals surface area contributed by atoms with E-state index in [-0.39, 0.29) is 0 Å². The first kappa shape index (κ1) is 37.9. The molecule has 36 heavy (non-hydrogen) atoms. The van der Waals surface area contributed by atoms with Gasteiger partial charge >= 0.3 is 0 Å². The normalized spacial score (nSPS) is 39.9. The van der Waals surface area contributed by atoms with Crippen molar-refractivity contribution in [3.8, 4) is 0 Å². The topological polar surface area (TPSA) is 0 Å². The Morgan fingerprint density at radius 2 is 1.19 bits per heavy atom. The average molecular weight is 507 g/mol. The molecule has 0 N–H and O–H groups in total. The van der Waals surface area contributed by atoms with Gasteiger partial charge < -0.3 is 0 Å². The number of hydrogen-bond acceptors (Lipinski definition) is 0. The molecule has 0 nitrogen and oxygen atoms in total. The summed E-state index contributed by atoms with van der Waals surface area (Å²) in [7, 11) is 0. The molecule has 0 radical (unpaired) electrons. The molecule has 4 fully saturated rings. The van der Waals surface area contributed by atoms with Gasteiger partial charge in [0.1, 0.15) is 0 Å². The summed E-state index contributed by atoms with van der Waals surface area (Å²) >= 11 is 0. The molecule has 8 unspecified atom stereocenters. The van der Waals surface area contributed by atoms with Gasteiger partial charge in [0.05, 0.1) is 0 Å². The molecule has 4 aliphatic carbocycles. The molecule has 0 aromatic rings. The Morgan fingerprint density at radius 1 is 0.667 bits per heavy atom. The maximum atomic E-state index is 4.21. The van der Waals surface area contributed by atoms with E-state index in [2.05, 4.69) is 54.2 Å². The summed E-state index contributed by atoms with van der Waals surface area (Å²) in [6.45, 7) is 39.7. The van der Waals surface area contributed by atoms with E-state index in [1.165, 1.54) is 57.8 Å². The number of fused-ring (bicyclic) bond motifs is 5. The van der Waals surface area contributed by atoms with E-state index in [9.17, 15) is 0 Å². The van der Waals surface area contributed by atoms with Gasteiger partial charge in [-0.2, -0.15) is 0 Å². The lowest BCUT2D eigenvalue weighted by atomic mass is 9.39. The van der Waals surface area contributed by atoms with Crippen LogP contribution in [0.5, 0.6) is 0 Å². The molecular weight excluding hydrogens is 432 g/mol. The molecule has 0 saturated heterocycles. The van der Waals surface area contributed by atoms with Gasteiger partial charge in [0, 0.05) is 0 Å². The van der Waals surface area contributed by atoms with E-state index in [4.69, 9.17) is 0 Å². The van der Waals surface area contributed by atoms with Crippen molar-refractivity contribution in [3.63, 3.8) is 0 Å². The first-order valence-electron chi connectivity index (χ1n) is 16.7. The molecule has 8 atom stereocenters. The van der Waals surface area contributed by atoms with Crippen molar-refractivity contribution in [1.29, 1.82) is 0 Å². The maximum Gasteiger partial charge on any atom is -0.0144 e.